The highest BCUT2D eigenvalue weighted by atomic mass is 16.2. The Morgan fingerprint density at radius 1 is 1.40 bits per heavy atom. The molecular weight excluding hydrogens is 188 g/mol. The minimum absolute atomic E-state index is 0.218. The van der Waals surface area contributed by atoms with Gasteiger partial charge >= 0.3 is 0 Å². The number of rotatable bonds is 2. The fourth-order valence-electron chi connectivity index (χ4n) is 2.02. The largest absolute Gasteiger partial charge is 0.399 e. The summed E-state index contributed by atoms with van der Waals surface area (Å²) < 4.78 is 0. The highest BCUT2D eigenvalue weighted by Gasteiger charge is 2.23. The summed E-state index contributed by atoms with van der Waals surface area (Å²) in [6, 6.07) is 5.83. The van der Waals surface area contributed by atoms with E-state index in [1.54, 1.807) is 0 Å². The van der Waals surface area contributed by atoms with Gasteiger partial charge in [-0.3, -0.25) is 4.79 Å². The molecule has 1 aliphatic rings. The molecule has 0 bridgehead atoms. The van der Waals surface area contributed by atoms with Gasteiger partial charge in [0.15, 0.2) is 0 Å². The molecule has 0 saturated carbocycles. The Morgan fingerprint density at radius 2 is 2.20 bits per heavy atom. The first kappa shape index (κ1) is 10.0. The fourth-order valence-corrected chi connectivity index (χ4v) is 2.02. The van der Waals surface area contributed by atoms with Crippen LogP contribution in [0.1, 0.15) is 25.3 Å². The first-order valence-corrected chi connectivity index (χ1v) is 5.41. The molecule has 15 heavy (non-hydrogen) atoms. The lowest BCUT2D eigenvalue weighted by atomic mass is 10.0. The number of nitrogens with two attached hydrogens (primary N) is 1. The van der Waals surface area contributed by atoms with Crippen molar-refractivity contribution in [3.8, 4) is 0 Å². The summed E-state index contributed by atoms with van der Waals surface area (Å²) in [6.45, 7) is 2.86. The number of hydrogen-bond donors (Lipinski definition) is 1. The predicted octanol–water partition coefficient (Wildman–Crippen LogP) is 1.96. The molecule has 1 aromatic carbocycles. The molecule has 2 rings (SSSR count). The van der Waals surface area contributed by atoms with Gasteiger partial charge < -0.3 is 10.6 Å². The van der Waals surface area contributed by atoms with E-state index in [1.165, 1.54) is 5.56 Å². The molecule has 0 radical (unpaired) electrons. The lowest BCUT2D eigenvalue weighted by Crippen LogP contribution is -2.35. The van der Waals surface area contributed by atoms with Gasteiger partial charge in [0.05, 0.1) is 0 Å². The van der Waals surface area contributed by atoms with Crippen molar-refractivity contribution in [2.75, 3.05) is 17.2 Å². The fraction of sp³-hybridized carbons (Fsp3) is 0.417. The van der Waals surface area contributed by atoms with Gasteiger partial charge in [0.1, 0.15) is 0 Å². The minimum Gasteiger partial charge on any atom is -0.399 e. The maximum absolute atomic E-state index is 11.7. The van der Waals surface area contributed by atoms with Crippen LogP contribution in [0.3, 0.4) is 0 Å². The van der Waals surface area contributed by atoms with Crippen molar-refractivity contribution < 1.29 is 4.79 Å². The van der Waals surface area contributed by atoms with Crippen LogP contribution in [0.15, 0.2) is 18.2 Å². The van der Waals surface area contributed by atoms with Gasteiger partial charge in [-0.1, -0.05) is 13.0 Å². The van der Waals surface area contributed by atoms with Crippen molar-refractivity contribution in [3.05, 3.63) is 23.8 Å². The molecule has 0 spiro atoms. The average molecular weight is 204 g/mol. The van der Waals surface area contributed by atoms with Gasteiger partial charge in [-0.25, -0.2) is 0 Å². The van der Waals surface area contributed by atoms with Crippen LogP contribution in [-0.2, 0) is 11.2 Å². The predicted molar refractivity (Wildman–Crippen MR) is 61.8 cm³/mol. The van der Waals surface area contributed by atoms with Gasteiger partial charge in [0, 0.05) is 24.3 Å². The molecule has 0 saturated heterocycles. The first-order chi connectivity index (χ1) is 7.22. The monoisotopic (exact) mass is 204 g/mol. The van der Waals surface area contributed by atoms with Crippen LogP contribution >= 0.6 is 0 Å². The number of amides is 1. The van der Waals surface area contributed by atoms with E-state index >= 15 is 0 Å². The molecule has 1 amide bonds. The number of carbonyl (C=O) groups excluding carboxylic acids is 1. The van der Waals surface area contributed by atoms with Crippen molar-refractivity contribution in [2.45, 2.75) is 26.2 Å². The number of nitrogen functional groups attached to an aromatic ring is 1. The van der Waals surface area contributed by atoms with Gasteiger partial charge in [0.25, 0.3) is 0 Å². The van der Waals surface area contributed by atoms with Crippen LogP contribution < -0.4 is 10.6 Å². The number of nitrogens with zero attached hydrogens (tertiary/aromatic N) is 1. The summed E-state index contributed by atoms with van der Waals surface area (Å²) in [4.78, 5) is 13.6. The van der Waals surface area contributed by atoms with Crippen LogP contribution in [0.2, 0.25) is 0 Å². The summed E-state index contributed by atoms with van der Waals surface area (Å²) in [5.41, 5.74) is 8.72. The Labute approximate surface area is 89.9 Å². The van der Waals surface area contributed by atoms with Crippen molar-refractivity contribution in [3.63, 3.8) is 0 Å². The van der Waals surface area contributed by atoms with Crippen molar-refractivity contribution in [1.82, 2.24) is 0 Å². The number of aryl methyl sites for hydroxylation is 1. The number of benzene rings is 1. The molecule has 0 aromatic heterocycles. The Kier molecular flexibility index (Phi) is 2.62. The Hall–Kier alpha value is -1.51. The van der Waals surface area contributed by atoms with Gasteiger partial charge in [0.2, 0.25) is 5.91 Å². The van der Waals surface area contributed by atoms with Crippen molar-refractivity contribution in [2.24, 2.45) is 0 Å². The van der Waals surface area contributed by atoms with Crippen LogP contribution in [0.25, 0.3) is 0 Å². The topological polar surface area (TPSA) is 46.3 Å². The van der Waals surface area contributed by atoms with E-state index in [0.29, 0.717) is 6.42 Å². The first-order valence-electron chi connectivity index (χ1n) is 5.41. The average Bonchev–Trinajstić information content (AvgIpc) is 2.23. The molecule has 1 aromatic rings. The van der Waals surface area contributed by atoms with E-state index in [1.807, 2.05) is 23.1 Å². The molecule has 0 atom stereocenters. The van der Waals surface area contributed by atoms with E-state index in [-0.39, 0.29) is 5.91 Å². The van der Waals surface area contributed by atoms with Crippen molar-refractivity contribution in [1.29, 1.82) is 0 Å². The van der Waals surface area contributed by atoms with Gasteiger partial charge in [-0.05, 0) is 30.5 Å². The molecular formula is C12H16N2O. The second-order valence-electron chi connectivity index (χ2n) is 3.93. The van der Waals surface area contributed by atoms with Crippen LogP contribution in [0.5, 0.6) is 0 Å². The molecule has 3 nitrogen and oxygen atoms in total. The summed E-state index contributed by atoms with van der Waals surface area (Å²) in [5.74, 6) is 0.218. The smallest absolute Gasteiger partial charge is 0.227 e. The highest BCUT2D eigenvalue weighted by Crippen LogP contribution is 2.29. The number of anilines is 2. The van der Waals surface area contributed by atoms with Crippen molar-refractivity contribution >= 4 is 17.3 Å². The molecule has 2 N–H and O–H groups in total. The number of fused-ring (bicyclic) bond motifs is 1. The van der Waals surface area contributed by atoms with E-state index in [0.717, 1.165) is 30.8 Å². The highest BCUT2D eigenvalue weighted by molar-refractivity contribution is 5.96. The lowest BCUT2D eigenvalue weighted by Gasteiger charge is -2.29. The summed E-state index contributed by atoms with van der Waals surface area (Å²) in [6.07, 6.45) is 2.44. The molecule has 3 heteroatoms. The standard InChI is InChI=1S/C12H16N2O/c1-2-7-14-11-8-10(13)5-3-9(11)4-6-12(14)15/h3,5,8H,2,4,6-7,13H2,1H3. The maximum atomic E-state index is 11.7. The Morgan fingerprint density at radius 3 is 2.93 bits per heavy atom. The minimum atomic E-state index is 0.218. The van der Waals surface area contributed by atoms with Gasteiger partial charge in [-0.2, -0.15) is 0 Å². The molecule has 1 aliphatic heterocycles. The summed E-state index contributed by atoms with van der Waals surface area (Å²) in [7, 11) is 0. The third kappa shape index (κ3) is 1.82. The third-order valence-electron chi connectivity index (χ3n) is 2.76. The zero-order chi connectivity index (χ0) is 10.8. The number of carbonyl (C=O) groups is 1. The van der Waals surface area contributed by atoms with E-state index in [2.05, 4.69) is 6.92 Å². The summed E-state index contributed by atoms with van der Waals surface area (Å²) >= 11 is 0. The Balaban J connectivity index is 2.41. The normalized spacial score (nSPS) is 15.3. The molecule has 0 unspecified atom stereocenters. The second kappa shape index (κ2) is 3.93. The van der Waals surface area contributed by atoms with E-state index in [9.17, 15) is 4.79 Å². The zero-order valence-electron chi connectivity index (χ0n) is 8.99. The Bertz CT molecular complexity index is 387. The molecule has 80 valence electrons. The summed E-state index contributed by atoms with van der Waals surface area (Å²) in [5, 5.41) is 0. The van der Waals surface area contributed by atoms with Gasteiger partial charge in [-0.15, -0.1) is 0 Å². The number of hydrogen-bond acceptors (Lipinski definition) is 2. The van der Waals surface area contributed by atoms with E-state index < -0.39 is 0 Å². The second-order valence-corrected chi connectivity index (χ2v) is 3.93. The van der Waals surface area contributed by atoms with Crippen LogP contribution in [-0.4, -0.2) is 12.5 Å². The lowest BCUT2D eigenvalue weighted by molar-refractivity contribution is -0.118. The molecule has 0 aliphatic carbocycles. The quantitative estimate of drug-likeness (QED) is 0.748. The van der Waals surface area contributed by atoms with Crippen LogP contribution in [0.4, 0.5) is 11.4 Å². The maximum Gasteiger partial charge on any atom is 0.227 e. The third-order valence-corrected chi connectivity index (χ3v) is 2.76. The zero-order valence-corrected chi connectivity index (χ0v) is 8.99. The molecule has 1 heterocycles. The van der Waals surface area contributed by atoms with E-state index in [4.69, 9.17) is 5.73 Å². The van der Waals surface area contributed by atoms with Crippen LogP contribution in [0, 0.1) is 0 Å². The SMILES string of the molecule is CCCN1C(=O)CCc2ccc(N)cc21. The molecule has 0 fully saturated rings.